The Morgan fingerprint density at radius 2 is 1.62 bits per heavy atom. The molecule has 0 unspecified atom stereocenters. The molecule has 1 fully saturated rings. The lowest BCUT2D eigenvalue weighted by molar-refractivity contribution is 0.0747. The Hall–Kier alpha value is -1.91. The van der Waals surface area contributed by atoms with Crippen molar-refractivity contribution in [2.45, 2.75) is 6.92 Å². The van der Waals surface area contributed by atoms with E-state index in [9.17, 15) is 4.79 Å². The van der Waals surface area contributed by atoms with Crippen LogP contribution >= 0.6 is 24.8 Å². The number of nitrogen functional groups attached to an aromatic ring is 1. The molecule has 4 nitrogen and oxygen atoms in total. The smallest absolute Gasteiger partial charge is 0.254 e. The molecule has 1 aliphatic rings. The second-order valence-electron chi connectivity index (χ2n) is 5.69. The molecule has 1 saturated heterocycles. The van der Waals surface area contributed by atoms with Crippen LogP contribution in [0.4, 0.5) is 11.4 Å². The number of hydrogen-bond donors (Lipinski definition) is 1. The molecular weight excluding hydrogens is 345 g/mol. The van der Waals surface area contributed by atoms with Gasteiger partial charge in [-0.05, 0) is 36.8 Å². The number of nitrogens with two attached hydrogens (primary N) is 1. The summed E-state index contributed by atoms with van der Waals surface area (Å²) >= 11 is 0. The Morgan fingerprint density at radius 3 is 2.25 bits per heavy atom. The van der Waals surface area contributed by atoms with Crippen molar-refractivity contribution in [2.24, 2.45) is 0 Å². The number of piperazine rings is 1. The summed E-state index contributed by atoms with van der Waals surface area (Å²) in [5, 5.41) is 0. The second kappa shape index (κ2) is 8.81. The van der Waals surface area contributed by atoms with Crippen LogP contribution in [0.3, 0.4) is 0 Å². The number of carbonyl (C=O) groups excluding carboxylic acids is 1. The van der Waals surface area contributed by atoms with E-state index >= 15 is 0 Å². The molecule has 24 heavy (non-hydrogen) atoms. The van der Waals surface area contributed by atoms with E-state index in [1.807, 2.05) is 17.0 Å². The molecule has 1 amide bonds. The Kier molecular flexibility index (Phi) is 7.39. The molecule has 0 bridgehead atoms. The van der Waals surface area contributed by atoms with Gasteiger partial charge in [-0.1, -0.05) is 24.3 Å². The van der Waals surface area contributed by atoms with Crippen LogP contribution in [0.15, 0.2) is 48.5 Å². The predicted molar refractivity (Wildman–Crippen MR) is 105 cm³/mol. The van der Waals surface area contributed by atoms with E-state index in [1.165, 1.54) is 11.3 Å². The average Bonchev–Trinajstić information content (AvgIpc) is 2.55. The van der Waals surface area contributed by atoms with E-state index in [-0.39, 0.29) is 30.7 Å². The van der Waals surface area contributed by atoms with Crippen LogP contribution in [-0.4, -0.2) is 37.0 Å². The first kappa shape index (κ1) is 20.1. The molecule has 1 aliphatic heterocycles. The molecule has 2 aromatic carbocycles. The number of aryl methyl sites for hydroxylation is 1. The molecular formula is C18H23Cl2N3O. The minimum absolute atomic E-state index is 0. The SMILES string of the molecule is Cc1ccccc1N1CCN(C(=O)c2cccc(N)c2)CC1.Cl.Cl. The maximum atomic E-state index is 12.5. The van der Waals surface area contributed by atoms with Crippen LogP contribution in [0.5, 0.6) is 0 Å². The number of halogens is 2. The van der Waals surface area contributed by atoms with Crippen molar-refractivity contribution in [3.8, 4) is 0 Å². The second-order valence-corrected chi connectivity index (χ2v) is 5.69. The predicted octanol–water partition coefficient (Wildman–Crippen LogP) is 3.38. The number of para-hydroxylation sites is 1. The number of anilines is 2. The lowest BCUT2D eigenvalue weighted by atomic mass is 10.1. The van der Waals surface area contributed by atoms with Gasteiger partial charge in [-0.3, -0.25) is 4.79 Å². The number of rotatable bonds is 2. The van der Waals surface area contributed by atoms with E-state index in [0.29, 0.717) is 11.3 Å². The van der Waals surface area contributed by atoms with Gasteiger partial charge in [0.05, 0.1) is 0 Å². The maximum absolute atomic E-state index is 12.5. The van der Waals surface area contributed by atoms with Crippen LogP contribution in [0.2, 0.25) is 0 Å². The minimum Gasteiger partial charge on any atom is -0.399 e. The van der Waals surface area contributed by atoms with Crippen molar-refractivity contribution in [3.05, 3.63) is 59.7 Å². The average molecular weight is 368 g/mol. The Balaban J connectivity index is 0.00000144. The Bertz CT molecular complexity index is 685. The Morgan fingerprint density at radius 1 is 0.958 bits per heavy atom. The van der Waals surface area contributed by atoms with E-state index in [1.54, 1.807) is 12.1 Å². The van der Waals surface area contributed by atoms with Gasteiger partial charge in [0, 0.05) is 43.1 Å². The molecule has 0 saturated carbocycles. The van der Waals surface area contributed by atoms with Crippen LogP contribution in [0, 0.1) is 6.92 Å². The highest BCUT2D eigenvalue weighted by atomic mass is 35.5. The summed E-state index contributed by atoms with van der Waals surface area (Å²) in [6, 6.07) is 15.6. The minimum atomic E-state index is 0. The fraction of sp³-hybridized carbons (Fsp3) is 0.278. The summed E-state index contributed by atoms with van der Waals surface area (Å²) in [5.41, 5.74) is 9.60. The van der Waals surface area contributed by atoms with Crippen LogP contribution in [0.25, 0.3) is 0 Å². The molecule has 0 aliphatic carbocycles. The zero-order chi connectivity index (χ0) is 15.5. The van der Waals surface area contributed by atoms with Gasteiger partial charge < -0.3 is 15.5 Å². The van der Waals surface area contributed by atoms with E-state index in [4.69, 9.17) is 5.73 Å². The highest BCUT2D eigenvalue weighted by Gasteiger charge is 2.22. The number of carbonyl (C=O) groups is 1. The summed E-state index contributed by atoms with van der Waals surface area (Å²) < 4.78 is 0. The number of hydrogen-bond acceptors (Lipinski definition) is 3. The lowest BCUT2D eigenvalue weighted by Crippen LogP contribution is -2.49. The number of nitrogens with zero attached hydrogens (tertiary/aromatic N) is 2. The van der Waals surface area contributed by atoms with Crippen molar-refractivity contribution >= 4 is 42.1 Å². The number of amides is 1. The fourth-order valence-electron chi connectivity index (χ4n) is 2.92. The molecule has 0 radical (unpaired) electrons. The van der Waals surface area contributed by atoms with Crippen LogP contribution in [0.1, 0.15) is 15.9 Å². The molecule has 2 N–H and O–H groups in total. The number of benzene rings is 2. The lowest BCUT2D eigenvalue weighted by Gasteiger charge is -2.36. The van der Waals surface area contributed by atoms with Gasteiger partial charge in [0.25, 0.3) is 5.91 Å². The largest absolute Gasteiger partial charge is 0.399 e. The fourth-order valence-corrected chi connectivity index (χ4v) is 2.92. The molecule has 3 rings (SSSR count). The van der Waals surface area contributed by atoms with E-state index in [0.717, 1.165) is 26.2 Å². The van der Waals surface area contributed by atoms with E-state index < -0.39 is 0 Å². The summed E-state index contributed by atoms with van der Waals surface area (Å²) in [4.78, 5) is 16.8. The van der Waals surface area contributed by atoms with Gasteiger partial charge >= 0.3 is 0 Å². The van der Waals surface area contributed by atoms with Crippen molar-refractivity contribution in [1.29, 1.82) is 0 Å². The third-order valence-corrected chi connectivity index (χ3v) is 4.16. The van der Waals surface area contributed by atoms with Gasteiger partial charge in [-0.15, -0.1) is 24.8 Å². The third-order valence-electron chi connectivity index (χ3n) is 4.16. The summed E-state index contributed by atoms with van der Waals surface area (Å²) in [6.45, 7) is 5.32. The zero-order valence-corrected chi connectivity index (χ0v) is 15.3. The topological polar surface area (TPSA) is 49.6 Å². The normalized spacial score (nSPS) is 13.7. The van der Waals surface area contributed by atoms with Crippen molar-refractivity contribution in [2.75, 3.05) is 36.8 Å². The van der Waals surface area contributed by atoms with Crippen molar-refractivity contribution in [1.82, 2.24) is 4.90 Å². The molecule has 130 valence electrons. The van der Waals surface area contributed by atoms with Gasteiger partial charge in [0.15, 0.2) is 0 Å². The first-order chi connectivity index (χ1) is 10.6. The van der Waals surface area contributed by atoms with Crippen LogP contribution < -0.4 is 10.6 Å². The molecule has 6 heteroatoms. The highest BCUT2D eigenvalue weighted by Crippen LogP contribution is 2.21. The first-order valence-electron chi connectivity index (χ1n) is 7.60. The van der Waals surface area contributed by atoms with Gasteiger partial charge in [-0.25, -0.2) is 0 Å². The molecule has 0 aromatic heterocycles. The first-order valence-corrected chi connectivity index (χ1v) is 7.60. The molecule has 2 aromatic rings. The summed E-state index contributed by atoms with van der Waals surface area (Å²) in [6.07, 6.45) is 0. The molecule has 0 spiro atoms. The molecule has 1 heterocycles. The van der Waals surface area contributed by atoms with E-state index in [2.05, 4.69) is 36.1 Å². The zero-order valence-electron chi connectivity index (χ0n) is 13.6. The highest BCUT2D eigenvalue weighted by molar-refractivity contribution is 5.95. The molecule has 0 atom stereocenters. The van der Waals surface area contributed by atoms with Crippen molar-refractivity contribution < 1.29 is 4.79 Å². The quantitative estimate of drug-likeness (QED) is 0.827. The third kappa shape index (κ3) is 4.34. The van der Waals surface area contributed by atoms with Gasteiger partial charge in [-0.2, -0.15) is 0 Å². The standard InChI is InChI=1S/C18H21N3O.2ClH/c1-14-5-2-3-8-17(14)20-9-11-21(12-10-20)18(22)15-6-4-7-16(19)13-15;;/h2-8,13H,9-12,19H2,1H3;2*1H. The summed E-state index contributed by atoms with van der Waals surface area (Å²) in [7, 11) is 0. The van der Waals surface area contributed by atoms with Gasteiger partial charge in [0.1, 0.15) is 0 Å². The monoisotopic (exact) mass is 367 g/mol. The van der Waals surface area contributed by atoms with Crippen molar-refractivity contribution in [3.63, 3.8) is 0 Å². The summed E-state index contributed by atoms with van der Waals surface area (Å²) in [5.74, 6) is 0.0664. The Labute approximate surface area is 155 Å². The maximum Gasteiger partial charge on any atom is 0.254 e. The van der Waals surface area contributed by atoms with Gasteiger partial charge in [0.2, 0.25) is 0 Å². The van der Waals surface area contributed by atoms with Crippen LogP contribution in [-0.2, 0) is 0 Å².